The SMILES string of the molecule is Cc1cc(C)c2nc(NC(=O)COC(=O)CNC(=O)c3ccco3)sc2c1. The lowest BCUT2D eigenvalue weighted by atomic mass is 10.1. The van der Waals surface area contributed by atoms with E-state index in [0.29, 0.717) is 5.13 Å². The number of ether oxygens (including phenoxy) is 1. The number of fused-ring (bicyclic) bond motifs is 1. The van der Waals surface area contributed by atoms with E-state index in [2.05, 4.69) is 15.6 Å². The van der Waals surface area contributed by atoms with Gasteiger partial charge in [-0.2, -0.15) is 0 Å². The van der Waals surface area contributed by atoms with Crippen molar-refractivity contribution in [1.82, 2.24) is 10.3 Å². The number of aromatic nitrogens is 1. The first-order valence-corrected chi connectivity index (χ1v) is 8.89. The monoisotopic (exact) mass is 387 g/mol. The molecule has 0 radical (unpaired) electrons. The summed E-state index contributed by atoms with van der Waals surface area (Å²) in [5.41, 5.74) is 2.98. The van der Waals surface area contributed by atoms with Gasteiger partial charge in [-0.15, -0.1) is 0 Å². The van der Waals surface area contributed by atoms with Gasteiger partial charge in [0.25, 0.3) is 11.8 Å². The van der Waals surface area contributed by atoms with Gasteiger partial charge in [0, 0.05) is 0 Å². The second-order valence-corrected chi connectivity index (χ2v) is 6.85. The molecule has 0 unspecified atom stereocenters. The Morgan fingerprint density at radius 1 is 1.26 bits per heavy atom. The highest BCUT2D eigenvalue weighted by Gasteiger charge is 2.14. The van der Waals surface area contributed by atoms with Gasteiger partial charge < -0.3 is 14.5 Å². The highest BCUT2D eigenvalue weighted by Crippen LogP contribution is 2.29. The Kier molecular flexibility index (Phi) is 5.51. The molecule has 0 fully saturated rings. The number of benzene rings is 1. The van der Waals surface area contributed by atoms with Crippen LogP contribution in [0.25, 0.3) is 10.2 Å². The molecule has 3 aromatic rings. The Morgan fingerprint density at radius 2 is 2.07 bits per heavy atom. The summed E-state index contributed by atoms with van der Waals surface area (Å²) in [5, 5.41) is 5.38. The van der Waals surface area contributed by atoms with Gasteiger partial charge in [-0.1, -0.05) is 17.4 Å². The number of anilines is 1. The number of rotatable bonds is 6. The Labute approximate surface area is 158 Å². The fourth-order valence-corrected chi connectivity index (χ4v) is 3.48. The highest BCUT2D eigenvalue weighted by molar-refractivity contribution is 7.22. The Balaban J connectivity index is 1.47. The number of nitrogens with zero attached hydrogens (tertiary/aromatic N) is 1. The fraction of sp³-hybridized carbons (Fsp3) is 0.222. The standard InChI is InChI=1S/C18H17N3O5S/c1-10-6-11(2)16-13(7-10)27-18(21-16)20-14(22)9-26-15(23)8-19-17(24)12-4-3-5-25-12/h3-7H,8-9H2,1-2H3,(H,19,24)(H,20,21,22). The third-order valence-corrected chi connectivity index (χ3v) is 4.50. The largest absolute Gasteiger partial charge is 0.459 e. The third-order valence-electron chi connectivity index (χ3n) is 3.58. The smallest absolute Gasteiger partial charge is 0.325 e. The van der Waals surface area contributed by atoms with Gasteiger partial charge in [0.15, 0.2) is 17.5 Å². The zero-order valence-corrected chi connectivity index (χ0v) is 15.5. The second kappa shape index (κ2) is 8.00. The van der Waals surface area contributed by atoms with Crippen LogP contribution in [0, 0.1) is 13.8 Å². The molecule has 2 heterocycles. The maximum absolute atomic E-state index is 11.9. The lowest BCUT2D eigenvalue weighted by Crippen LogP contribution is -2.32. The average molecular weight is 387 g/mol. The van der Waals surface area contributed by atoms with E-state index >= 15 is 0 Å². The summed E-state index contributed by atoms with van der Waals surface area (Å²) in [6, 6.07) is 7.04. The fourth-order valence-electron chi connectivity index (χ4n) is 2.42. The van der Waals surface area contributed by atoms with Crippen LogP contribution in [0.3, 0.4) is 0 Å². The summed E-state index contributed by atoms with van der Waals surface area (Å²) in [4.78, 5) is 39.6. The lowest BCUT2D eigenvalue weighted by Gasteiger charge is -2.05. The Morgan fingerprint density at radius 3 is 2.81 bits per heavy atom. The minimum absolute atomic E-state index is 0.0851. The van der Waals surface area contributed by atoms with Gasteiger partial charge in [-0.3, -0.25) is 19.7 Å². The number of furan rings is 1. The minimum Gasteiger partial charge on any atom is -0.459 e. The average Bonchev–Trinajstić information content (AvgIpc) is 3.27. The van der Waals surface area contributed by atoms with E-state index in [1.807, 2.05) is 26.0 Å². The van der Waals surface area contributed by atoms with Crippen LogP contribution in [-0.2, 0) is 14.3 Å². The van der Waals surface area contributed by atoms with Crippen LogP contribution < -0.4 is 10.6 Å². The van der Waals surface area contributed by atoms with Crippen molar-refractivity contribution in [1.29, 1.82) is 0 Å². The topological polar surface area (TPSA) is 111 Å². The second-order valence-electron chi connectivity index (χ2n) is 5.82. The first kappa shape index (κ1) is 18.6. The molecule has 140 valence electrons. The highest BCUT2D eigenvalue weighted by atomic mass is 32.1. The first-order chi connectivity index (χ1) is 12.9. The molecule has 0 bridgehead atoms. The molecule has 0 aliphatic carbocycles. The zero-order valence-electron chi connectivity index (χ0n) is 14.7. The molecule has 0 spiro atoms. The Bertz CT molecular complexity index is 994. The summed E-state index contributed by atoms with van der Waals surface area (Å²) in [5.74, 6) is -1.70. The van der Waals surface area contributed by atoms with E-state index in [-0.39, 0.29) is 12.3 Å². The van der Waals surface area contributed by atoms with Gasteiger partial charge in [0.05, 0.1) is 16.5 Å². The predicted molar refractivity (Wildman–Crippen MR) is 99.7 cm³/mol. The van der Waals surface area contributed by atoms with Crippen molar-refractivity contribution >= 4 is 44.5 Å². The van der Waals surface area contributed by atoms with E-state index in [1.54, 1.807) is 6.07 Å². The lowest BCUT2D eigenvalue weighted by molar-refractivity contribution is -0.146. The third kappa shape index (κ3) is 4.70. The van der Waals surface area contributed by atoms with E-state index in [1.165, 1.54) is 23.7 Å². The number of amides is 2. The van der Waals surface area contributed by atoms with Crippen LogP contribution in [0.2, 0.25) is 0 Å². The number of carbonyl (C=O) groups excluding carboxylic acids is 3. The van der Waals surface area contributed by atoms with Crippen molar-refractivity contribution in [2.75, 3.05) is 18.5 Å². The number of esters is 1. The number of carbonyl (C=O) groups is 3. The normalized spacial score (nSPS) is 10.6. The molecule has 27 heavy (non-hydrogen) atoms. The molecule has 0 saturated carbocycles. The van der Waals surface area contributed by atoms with Crippen LogP contribution in [0.4, 0.5) is 5.13 Å². The molecule has 2 amide bonds. The maximum Gasteiger partial charge on any atom is 0.325 e. The summed E-state index contributed by atoms with van der Waals surface area (Å²) >= 11 is 1.35. The van der Waals surface area contributed by atoms with E-state index in [4.69, 9.17) is 9.15 Å². The van der Waals surface area contributed by atoms with Gasteiger partial charge in [0.2, 0.25) is 0 Å². The summed E-state index contributed by atoms with van der Waals surface area (Å²) in [6.07, 6.45) is 1.35. The van der Waals surface area contributed by atoms with Gasteiger partial charge in [-0.05, 0) is 43.2 Å². The van der Waals surface area contributed by atoms with Crippen LogP contribution in [0.1, 0.15) is 21.7 Å². The molecule has 0 atom stereocenters. The first-order valence-electron chi connectivity index (χ1n) is 8.07. The predicted octanol–water partition coefficient (Wildman–Crippen LogP) is 2.42. The number of thiazole rings is 1. The van der Waals surface area contributed by atoms with E-state index < -0.39 is 24.4 Å². The molecule has 8 nitrogen and oxygen atoms in total. The molecule has 2 aromatic heterocycles. The maximum atomic E-state index is 11.9. The number of aryl methyl sites for hydroxylation is 2. The number of nitrogens with one attached hydrogen (secondary N) is 2. The zero-order chi connectivity index (χ0) is 19.4. The number of hydrogen-bond donors (Lipinski definition) is 2. The van der Waals surface area contributed by atoms with Crippen LogP contribution >= 0.6 is 11.3 Å². The van der Waals surface area contributed by atoms with Gasteiger partial charge in [-0.25, -0.2) is 4.98 Å². The van der Waals surface area contributed by atoms with Crippen molar-refractivity contribution in [3.8, 4) is 0 Å². The van der Waals surface area contributed by atoms with Crippen LogP contribution in [0.5, 0.6) is 0 Å². The van der Waals surface area contributed by atoms with Crippen molar-refractivity contribution in [3.63, 3.8) is 0 Å². The molecule has 0 aliphatic heterocycles. The molecule has 9 heteroatoms. The van der Waals surface area contributed by atoms with Crippen LogP contribution in [0.15, 0.2) is 34.9 Å². The molecule has 3 rings (SSSR count). The summed E-state index contributed by atoms with van der Waals surface area (Å²) in [6.45, 7) is 3.11. The molecular formula is C18H17N3O5S. The summed E-state index contributed by atoms with van der Waals surface area (Å²) in [7, 11) is 0. The quantitative estimate of drug-likeness (QED) is 0.629. The van der Waals surface area contributed by atoms with Gasteiger partial charge >= 0.3 is 5.97 Å². The summed E-state index contributed by atoms with van der Waals surface area (Å²) < 4.78 is 10.7. The molecule has 2 N–H and O–H groups in total. The molecular weight excluding hydrogens is 370 g/mol. The van der Waals surface area contributed by atoms with E-state index in [0.717, 1.165) is 21.3 Å². The molecule has 0 saturated heterocycles. The Hall–Kier alpha value is -3.20. The molecule has 1 aromatic carbocycles. The minimum atomic E-state index is -0.735. The van der Waals surface area contributed by atoms with E-state index in [9.17, 15) is 14.4 Å². The molecule has 0 aliphatic rings. The van der Waals surface area contributed by atoms with Crippen molar-refractivity contribution in [2.45, 2.75) is 13.8 Å². The van der Waals surface area contributed by atoms with Gasteiger partial charge in [0.1, 0.15) is 6.54 Å². The van der Waals surface area contributed by atoms with Crippen molar-refractivity contribution < 1.29 is 23.5 Å². The number of hydrogen-bond acceptors (Lipinski definition) is 7. The van der Waals surface area contributed by atoms with Crippen molar-refractivity contribution in [2.24, 2.45) is 0 Å². The van der Waals surface area contributed by atoms with Crippen LogP contribution in [-0.4, -0.2) is 35.9 Å². The van der Waals surface area contributed by atoms with Crippen molar-refractivity contribution in [3.05, 3.63) is 47.4 Å².